The maximum Gasteiger partial charge on any atom is 0.238 e. The Bertz CT molecular complexity index is 1230. The molecule has 0 saturated heterocycles. The van der Waals surface area contributed by atoms with Crippen LogP contribution in [-0.4, -0.2) is 34.2 Å². The Hall–Kier alpha value is -2.62. The van der Waals surface area contributed by atoms with Gasteiger partial charge in [-0.15, -0.1) is 5.10 Å². The SMILES string of the molecule is Cc1ccc2c(n1)CCC(NCc1nc(CC3CC3)n(-c3ccc(S(N)(=O)=O)cc3)n1)C2. The Morgan fingerprint density at radius 2 is 1.88 bits per heavy atom. The highest BCUT2D eigenvalue weighted by Crippen LogP contribution is 2.32. The molecule has 1 aromatic carbocycles. The van der Waals surface area contributed by atoms with E-state index in [9.17, 15) is 8.42 Å². The Balaban J connectivity index is 1.31. The molecule has 1 unspecified atom stereocenters. The minimum Gasteiger partial charge on any atom is -0.307 e. The topological polar surface area (TPSA) is 116 Å². The van der Waals surface area contributed by atoms with Gasteiger partial charge in [0.25, 0.3) is 0 Å². The van der Waals surface area contributed by atoms with Gasteiger partial charge in [0, 0.05) is 23.9 Å². The van der Waals surface area contributed by atoms with Gasteiger partial charge in [-0.05, 0) is 80.8 Å². The van der Waals surface area contributed by atoms with Crippen molar-refractivity contribution >= 4 is 10.0 Å². The molecule has 2 heterocycles. The fourth-order valence-electron chi connectivity index (χ4n) is 4.29. The van der Waals surface area contributed by atoms with Crippen LogP contribution in [0.25, 0.3) is 5.69 Å². The maximum atomic E-state index is 11.6. The van der Waals surface area contributed by atoms with Gasteiger partial charge in [0.05, 0.1) is 17.1 Å². The van der Waals surface area contributed by atoms with E-state index < -0.39 is 10.0 Å². The Morgan fingerprint density at radius 3 is 2.59 bits per heavy atom. The highest BCUT2D eigenvalue weighted by molar-refractivity contribution is 7.89. The second-order valence-corrected chi connectivity index (χ2v) is 10.5. The molecular weight excluding hydrogens is 424 g/mol. The van der Waals surface area contributed by atoms with Gasteiger partial charge in [-0.25, -0.2) is 23.2 Å². The van der Waals surface area contributed by atoms with E-state index in [1.165, 1.54) is 36.2 Å². The summed E-state index contributed by atoms with van der Waals surface area (Å²) < 4.78 is 25.0. The van der Waals surface area contributed by atoms with Gasteiger partial charge in [-0.1, -0.05) is 6.07 Å². The first kappa shape index (κ1) is 21.2. The molecule has 2 aliphatic carbocycles. The van der Waals surface area contributed by atoms with Crippen molar-refractivity contribution in [3.8, 4) is 5.69 Å². The molecule has 8 nitrogen and oxygen atoms in total. The number of nitrogens with two attached hydrogens (primary N) is 1. The Labute approximate surface area is 188 Å². The van der Waals surface area contributed by atoms with Crippen LogP contribution in [0.3, 0.4) is 0 Å². The first-order valence-electron chi connectivity index (χ1n) is 11.1. The van der Waals surface area contributed by atoms with Gasteiger partial charge in [-0.3, -0.25) is 4.98 Å². The second-order valence-electron chi connectivity index (χ2n) is 8.92. The van der Waals surface area contributed by atoms with Gasteiger partial charge >= 0.3 is 0 Å². The fourth-order valence-corrected chi connectivity index (χ4v) is 4.81. The summed E-state index contributed by atoms with van der Waals surface area (Å²) in [6.45, 7) is 2.63. The number of fused-ring (bicyclic) bond motifs is 1. The molecule has 1 atom stereocenters. The van der Waals surface area contributed by atoms with E-state index in [0.717, 1.165) is 48.7 Å². The highest BCUT2D eigenvalue weighted by Gasteiger charge is 2.26. The van der Waals surface area contributed by atoms with Gasteiger partial charge in [0.15, 0.2) is 5.82 Å². The van der Waals surface area contributed by atoms with Crippen LogP contribution in [-0.2, 0) is 35.8 Å². The number of aryl methyl sites for hydroxylation is 2. The number of rotatable bonds is 7. The van der Waals surface area contributed by atoms with E-state index in [4.69, 9.17) is 15.2 Å². The average Bonchev–Trinajstić information content (AvgIpc) is 3.49. The molecule has 0 amide bonds. The van der Waals surface area contributed by atoms with E-state index in [1.807, 2.05) is 11.6 Å². The maximum absolute atomic E-state index is 11.6. The van der Waals surface area contributed by atoms with Crippen LogP contribution in [0.1, 0.15) is 47.9 Å². The van der Waals surface area contributed by atoms with Crippen LogP contribution in [0.2, 0.25) is 0 Å². The quantitative estimate of drug-likeness (QED) is 0.568. The lowest BCUT2D eigenvalue weighted by Gasteiger charge is -2.24. The lowest BCUT2D eigenvalue weighted by atomic mass is 9.91. The third kappa shape index (κ3) is 4.74. The summed E-state index contributed by atoms with van der Waals surface area (Å²) in [5.41, 5.74) is 4.41. The smallest absolute Gasteiger partial charge is 0.238 e. The fraction of sp³-hybridized carbons (Fsp3) is 0.435. The predicted octanol–water partition coefficient (Wildman–Crippen LogP) is 2.22. The zero-order valence-electron chi connectivity index (χ0n) is 18.2. The normalized spacial score (nSPS) is 18.5. The van der Waals surface area contributed by atoms with Crippen molar-refractivity contribution in [3.05, 3.63) is 65.0 Å². The summed E-state index contributed by atoms with van der Waals surface area (Å²) >= 11 is 0. The summed E-state index contributed by atoms with van der Waals surface area (Å²) in [5.74, 6) is 2.33. The van der Waals surface area contributed by atoms with Crippen LogP contribution in [0.15, 0.2) is 41.3 Å². The number of hydrogen-bond donors (Lipinski definition) is 2. The Kier molecular flexibility index (Phi) is 5.56. The molecule has 2 aromatic heterocycles. The van der Waals surface area contributed by atoms with Gasteiger partial charge in [0.2, 0.25) is 10.0 Å². The van der Waals surface area contributed by atoms with Crippen molar-refractivity contribution in [3.63, 3.8) is 0 Å². The Morgan fingerprint density at radius 1 is 1.09 bits per heavy atom. The predicted molar refractivity (Wildman–Crippen MR) is 121 cm³/mol. The minimum absolute atomic E-state index is 0.0919. The van der Waals surface area contributed by atoms with E-state index in [2.05, 4.69) is 22.4 Å². The summed E-state index contributed by atoms with van der Waals surface area (Å²) in [6.07, 6.45) is 6.33. The number of nitrogens with zero attached hydrogens (tertiary/aromatic N) is 4. The minimum atomic E-state index is -3.72. The van der Waals surface area contributed by atoms with Crippen LogP contribution >= 0.6 is 0 Å². The van der Waals surface area contributed by atoms with E-state index in [-0.39, 0.29) is 4.90 Å². The zero-order chi connectivity index (χ0) is 22.3. The zero-order valence-corrected chi connectivity index (χ0v) is 19.0. The summed E-state index contributed by atoms with van der Waals surface area (Å²) in [4.78, 5) is 9.57. The molecule has 0 bridgehead atoms. The monoisotopic (exact) mass is 452 g/mol. The lowest BCUT2D eigenvalue weighted by molar-refractivity contribution is 0.446. The molecule has 3 aromatic rings. The van der Waals surface area contributed by atoms with Gasteiger partial charge < -0.3 is 5.32 Å². The molecule has 9 heteroatoms. The number of primary sulfonamides is 1. The van der Waals surface area contributed by atoms with Crippen LogP contribution < -0.4 is 10.5 Å². The van der Waals surface area contributed by atoms with E-state index in [0.29, 0.717) is 18.5 Å². The van der Waals surface area contributed by atoms with Crippen molar-refractivity contribution in [2.45, 2.75) is 62.9 Å². The average molecular weight is 453 g/mol. The second kappa shape index (κ2) is 8.38. The van der Waals surface area contributed by atoms with Crippen molar-refractivity contribution in [2.75, 3.05) is 0 Å². The molecule has 168 valence electrons. The molecular formula is C23H28N6O2S. The van der Waals surface area contributed by atoms with Crippen molar-refractivity contribution in [1.29, 1.82) is 0 Å². The van der Waals surface area contributed by atoms with Gasteiger partial charge in [-0.2, -0.15) is 0 Å². The molecule has 3 N–H and O–H groups in total. The van der Waals surface area contributed by atoms with Crippen molar-refractivity contribution < 1.29 is 8.42 Å². The van der Waals surface area contributed by atoms with Crippen molar-refractivity contribution in [2.24, 2.45) is 11.1 Å². The standard InChI is InChI=1S/C23H28N6O2S/c1-15-2-5-17-13-18(6-11-21(17)26-15)25-14-22-27-23(12-16-3-4-16)29(28-22)19-7-9-20(10-8-19)32(24,30)31/h2,5,7-10,16,18,25H,3-4,6,11-14H2,1H3,(H2,24,30,31). The number of hydrogen-bond acceptors (Lipinski definition) is 6. The van der Waals surface area contributed by atoms with E-state index in [1.54, 1.807) is 12.1 Å². The molecule has 0 aliphatic heterocycles. The molecule has 0 radical (unpaired) electrons. The number of benzene rings is 1. The molecule has 1 saturated carbocycles. The largest absolute Gasteiger partial charge is 0.307 e. The first-order chi connectivity index (χ1) is 15.3. The van der Waals surface area contributed by atoms with Crippen molar-refractivity contribution in [1.82, 2.24) is 25.1 Å². The molecule has 5 rings (SSSR count). The summed E-state index contributed by atoms with van der Waals surface area (Å²) in [7, 11) is -3.72. The van der Waals surface area contributed by atoms with E-state index >= 15 is 0 Å². The number of sulfonamides is 1. The number of pyridine rings is 1. The first-order valence-corrected chi connectivity index (χ1v) is 12.7. The molecule has 0 spiro atoms. The third-order valence-corrected chi connectivity index (χ3v) is 7.18. The van der Waals surface area contributed by atoms with Crippen LogP contribution in [0.4, 0.5) is 0 Å². The number of aromatic nitrogens is 4. The van der Waals surface area contributed by atoms with Crippen LogP contribution in [0.5, 0.6) is 0 Å². The van der Waals surface area contributed by atoms with Crippen LogP contribution in [0, 0.1) is 12.8 Å². The molecule has 1 fully saturated rings. The highest BCUT2D eigenvalue weighted by atomic mass is 32.2. The number of nitrogens with one attached hydrogen (secondary N) is 1. The summed E-state index contributed by atoms with van der Waals surface area (Å²) in [6, 6.07) is 11.1. The van der Waals surface area contributed by atoms with Gasteiger partial charge in [0.1, 0.15) is 5.82 Å². The lowest BCUT2D eigenvalue weighted by Crippen LogP contribution is -2.34. The third-order valence-electron chi connectivity index (χ3n) is 6.25. The molecule has 32 heavy (non-hydrogen) atoms. The summed E-state index contributed by atoms with van der Waals surface area (Å²) in [5, 5.41) is 13.6. The molecule has 2 aliphatic rings.